The molecule has 2 aromatic carbocycles. The van der Waals surface area contributed by atoms with Crippen LogP contribution in [0.1, 0.15) is 31.7 Å². The van der Waals surface area contributed by atoms with Gasteiger partial charge in [0.05, 0.1) is 0 Å². The van der Waals surface area contributed by atoms with E-state index in [0.29, 0.717) is 12.2 Å². The van der Waals surface area contributed by atoms with E-state index in [4.69, 9.17) is 4.74 Å². The summed E-state index contributed by atoms with van der Waals surface area (Å²) in [6.45, 7) is 3.51. The molecule has 0 bridgehead atoms. The van der Waals surface area contributed by atoms with Crippen LogP contribution in [-0.2, 0) is 4.79 Å². The Morgan fingerprint density at radius 1 is 1.14 bits per heavy atom. The van der Waals surface area contributed by atoms with Crippen LogP contribution in [0.4, 0.5) is 0 Å². The maximum absolute atomic E-state index is 11.9. The number of aliphatic carboxylic acids is 1. The zero-order valence-corrected chi connectivity index (χ0v) is 12.7. The van der Waals surface area contributed by atoms with Crippen molar-refractivity contribution in [2.45, 2.75) is 31.8 Å². The monoisotopic (exact) mass is 300 g/mol. The fraction of sp³-hybridized carbons (Fsp3) is 0.278. The van der Waals surface area contributed by atoms with Crippen LogP contribution in [0.25, 0.3) is 0 Å². The number of phenolic OH excluding ortho intramolecular Hbond substituents is 1. The predicted octanol–water partition coefficient (Wildman–Crippen LogP) is 3.81. The number of rotatable bonds is 6. The van der Waals surface area contributed by atoms with Crippen molar-refractivity contribution in [2.24, 2.45) is 0 Å². The summed E-state index contributed by atoms with van der Waals surface area (Å²) in [5, 5.41) is 19.1. The molecule has 0 radical (unpaired) electrons. The van der Waals surface area contributed by atoms with Crippen LogP contribution in [0.15, 0.2) is 54.6 Å². The highest BCUT2D eigenvalue weighted by molar-refractivity contribution is 5.79. The van der Waals surface area contributed by atoms with Crippen LogP contribution in [0.2, 0.25) is 0 Å². The lowest BCUT2D eigenvalue weighted by molar-refractivity contribution is -0.156. The minimum atomic E-state index is -1.40. The molecule has 0 saturated heterocycles. The lowest BCUT2D eigenvalue weighted by Crippen LogP contribution is -2.47. The van der Waals surface area contributed by atoms with Crippen LogP contribution >= 0.6 is 0 Å². The molecule has 22 heavy (non-hydrogen) atoms. The second kappa shape index (κ2) is 6.52. The molecule has 0 aliphatic carbocycles. The van der Waals surface area contributed by atoms with Crippen LogP contribution in [-0.4, -0.2) is 21.8 Å². The second-order valence-electron chi connectivity index (χ2n) is 5.38. The fourth-order valence-corrected chi connectivity index (χ4v) is 2.65. The number of hydrogen-bond donors (Lipinski definition) is 2. The van der Waals surface area contributed by atoms with E-state index in [9.17, 15) is 15.0 Å². The highest BCUT2D eigenvalue weighted by atomic mass is 16.5. The van der Waals surface area contributed by atoms with E-state index >= 15 is 0 Å². The molecular weight excluding hydrogens is 280 g/mol. The summed E-state index contributed by atoms with van der Waals surface area (Å²) in [6, 6.07) is 15.5. The Morgan fingerprint density at radius 3 is 2.23 bits per heavy atom. The van der Waals surface area contributed by atoms with Gasteiger partial charge in [0.15, 0.2) is 0 Å². The first-order valence-corrected chi connectivity index (χ1v) is 7.23. The highest BCUT2D eigenvalue weighted by Crippen LogP contribution is 2.36. The van der Waals surface area contributed by atoms with Crippen molar-refractivity contribution < 1.29 is 19.7 Å². The molecule has 2 aromatic rings. The molecule has 0 amide bonds. The van der Waals surface area contributed by atoms with Gasteiger partial charge in [-0.05, 0) is 43.2 Å². The standard InChI is InChI=1S/C18H20O4/c1-3-16(13-9-11-14(19)12-10-13)18(2,17(20)21)22-15-7-5-4-6-8-15/h4-12,16,19H,3H2,1-2H3,(H,20,21). The summed E-state index contributed by atoms with van der Waals surface area (Å²) in [6.07, 6.45) is 0.598. The second-order valence-corrected chi connectivity index (χ2v) is 5.38. The number of ether oxygens (including phenoxy) is 1. The molecular formula is C18H20O4. The topological polar surface area (TPSA) is 66.8 Å². The Hall–Kier alpha value is -2.49. The van der Waals surface area contributed by atoms with Crippen LogP contribution in [0.5, 0.6) is 11.5 Å². The van der Waals surface area contributed by atoms with Crippen LogP contribution < -0.4 is 4.74 Å². The summed E-state index contributed by atoms with van der Waals surface area (Å²) < 4.78 is 5.84. The molecule has 0 spiro atoms. The third-order valence-corrected chi connectivity index (χ3v) is 3.87. The van der Waals surface area contributed by atoms with Crippen molar-refractivity contribution in [3.05, 3.63) is 60.2 Å². The largest absolute Gasteiger partial charge is 0.508 e. The zero-order valence-electron chi connectivity index (χ0n) is 12.7. The lowest BCUT2D eigenvalue weighted by atomic mass is 9.81. The van der Waals surface area contributed by atoms with Gasteiger partial charge >= 0.3 is 5.97 Å². The molecule has 116 valence electrons. The summed E-state index contributed by atoms with van der Waals surface area (Å²) in [7, 11) is 0. The van der Waals surface area contributed by atoms with Crippen molar-refractivity contribution in [3.63, 3.8) is 0 Å². The normalized spacial score (nSPS) is 14.8. The van der Waals surface area contributed by atoms with E-state index in [-0.39, 0.29) is 11.7 Å². The van der Waals surface area contributed by atoms with Crippen molar-refractivity contribution in [2.75, 3.05) is 0 Å². The van der Waals surface area contributed by atoms with Gasteiger partial charge in [-0.1, -0.05) is 37.3 Å². The van der Waals surface area contributed by atoms with Gasteiger partial charge in [0, 0.05) is 5.92 Å². The third kappa shape index (κ3) is 3.22. The Morgan fingerprint density at radius 2 is 1.73 bits per heavy atom. The van der Waals surface area contributed by atoms with E-state index in [2.05, 4.69) is 0 Å². The molecule has 0 heterocycles. The summed E-state index contributed by atoms with van der Waals surface area (Å²) in [5.41, 5.74) is -0.575. The van der Waals surface area contributed by atoms with Crippen molar-refractivity contribution in [3.8, 4) is 11.5 Å². The number of benzene rings is 2. The molecule has 2 N–H and O–H groups in total. The SMILES string of the molecule is CCC(c1ccc(O)cc1)C(C)(Oc1ccccc1)C(=O)O. The first-order valence-electron chi connectivity index (χ1n) is 7.23. The number of carbonyl (C=O) groups is 1. The molecule has 2 unspecified atom stereocenters. The number of carboxylic acids is 1. The number of para-hydroxylation sites is 1. The molecule has 0 aromatic heterocycles. The number of phenols is 1. The van der Waals surface area contributed by atoms with E-state index in [1.807, 2.05) is 13.0 Å². The van der Waals surface area contributed by atoms with E-state index in [1.54, 1.807) is 55.5 Å². The Kier molecular flexibility index (Phi) is 4.71. The Bertz CT molecular complexity index is 621. The number of aromatic hydroxyl groups is 1. The van der Waals surface area contributed by atoms with E-state index in [1.165, 1.54) is 0 Å². The molecule has 0 aliphatic rings. The maximum atomic E-state index is 11.9. The quantitative estimate of drug-likeness (QED) is 0.851. The van der Waals surface area contributed by atoms with Gasteiger partial charge in [0.1, 0.15) is 11.5 Å². The van der Waals surface area contributed by atoms with Gasteiger partial charge in [-0.3, -0.25) is 0 Å². The average molecular weight is 300 g/mol. The highest BCUT2D eigenvalue weighted by Gasteiger charge is 2.44. The van der Waals surface area contributed by atoms with E-state index in [0.717, 1.165) is 5.56 Å². The molecule has 2 atom stereocenters. The molecule has 2 rings (SSSR count). The Labute approximate surface area is 130 Å². The molecule has 4 heteroatoms. The van der Waals surface area contributed by atoms with Gasteiger partial charge in [-0.25, -0.2) is 4.79 Å². The summed E-state index contributed by atoms with van der Waals surface area (Å²) >= 11 is 0. The van der Waals surface area contributed by atoms with Gasteiger partial charge in [-0.15, -0.1) is 0 Å². The summed E-state index contributed by atoms with van der Waals surface area (Å²) in [4.78, 5) is 11.9. The minimum Gasteiger partial charge on any atom is -0.508 e. The number of hydrogen-bond acceptors (Lipinski definition) is 3. The van der Waals surface area contributed by atoms with Crippen LogP contribution in [0.3, 0.4) is 0 Å². The van der Waals surface area contributed by atoms with Gasteiger partial charge < -0.3 is 14.9 Å². The maximum Gasteiger partial charge on any atom is 0.348 e. The first-order chi connectivity index (χ1) is 10.5. The lowest BCUT2D eigenvalue weighted by Gasteiger charge is -2.34. The molecule has 0 fully saturated rings. The Balaban J connectivity index is 2.39. The van der Waals surface area contributed by atoms with Crippen molar-refractivity contribution in [1.82, 2.24) is 0 Å². The predicted molar refractivity (Wildman–Crippen MR) is 84.2 cm³/mol. The zero-order chi connectivity index (χ0) is 16.2. The smallest absolute Gasteiger partial charge is 0.348 e. The molecule has 4 nitrogen and oxygen atoms in total. The summed E-state index contributed by atoms with van der Waals surface area (Å²) in [5.74, 6) is -0.689. The average Bonchev–Trinajstić information content (AvgIpc) is 2.50. The molecule has 0 saturated carbocycles. The van der Waals surface area contributed by atoms with Crippen LogP contribution in [0, 0.1) is 0 Å². The minimum absolute atomic E-state index is 0.152. The number of carboxylic acid groups (broad SMARTS) is 1. The van der Waals surface area contributed by atoms with Gasteiger partial charge in [-0.2, -0.15) is 0 Å². The first kappa shape index (κ1) is 15.9. The van der Waals surface area contributed by atoms with Crippen molar-refractivity contribution >= 4 is 5.97 Å². The fourth-order valence-electron chi connectivity index (χ4n) is 2.65. The molecule has 0 aliphatic heterocycles. The van der Waals surface area contributed by atoms with Gasteiger partial charge in [0.2, 0.25) is 5.60 Å². The van der Waals surface area contributed by atoms with Gasteiger partial charge in [0.25, 0.3) is 0 Å². The van der Waals surface area contributed by atoms with E-state index < -0.39 is 11.6 Å². The third-order valence-electron chi connectivity index (χ3n) is 3.87. The van der Waals surface area contributed by atoms with Crippen molar-refractivity contribution in [1.29, 1.82) is 0 Å².